The molecule has 1 atom stereocenters. The van der Waals surface area contributed by atoms with Crippen molar-refractivity contribution < 1.29 is 4.74 Å². The zero-order valence-electron chi connectivity index (χ0n) is 10.6. The summed E-state index contributed by atoms with van der Waals surface area (Å²) in [5.41, 5.74) is 6.53. The number of rotatable bonds is 4. The van der Waals surface area contributed by atoms with Crippen molar-refractivity contribution >= 4 is 0 Å². The van der Waals surface area contributed by atoms with Crippen LogP contribution in [-0.4, -0.2) is 42.8 Å². The van der Waals surface area contributed by atoms with Gasteiger partial charge in [-0.25, -0.2) is 0 Å². The molecule has 0 aromatic heterocycles. The minimum Gasteiger partial charge on any atom is -0.377 e. The van der Waals surface area contributed by atoms with Crippen LogP contribution >= 0.6 is 0 Å². The number of piperidine rings is 1. The van der Waals surface area contributed by atoms with E-state index in [4.69, 9.17) is 10.5 Å². The van der Waals surface area contributed by atoms with Crippen molar-refractivity contribution in [3.8, 4) is 0 Å². The molecule has 16 heavy (non-hydrogen) atoms. The van der Waals surface area contributed by atoms with Crippen LogP contribution in [0.15, 0.2) is 0 Å². The highest BCUT2D eigenvalue weighted by atomic mass is 16.5. The Bertz CT molecular complexity index is 212. The lowest BCUT2D eigenvalue weighted by atomic mass is 9.96. The molecule has 2 rings (SSSR count). The zero-order valence-corrected chi connectivity index (χ0v) is 10.6. The lowest BCUT2D eigenvalue weighted by Gasteiger charge is -2.37. The van der Waals surface area contributed by atoms with Gasteiger partial charge in [-0.15, -0.1) is 0 Å². The van der Waals surface area contributed by atoms with Crippen LogP contribution in [-0.2, 0) is 4.74 Å². The van der Waals surface area contributed by atoms with Gasteiger partial charge in [-0.2, -0.15) is 0 Å². The molecular weight excluding hydrogens is 200 g/mol. The second-order valence-corrected chi connectivity index (χ2v) is 5.52. The highest BCUT2D eigenvalue weighted by Gasteiger charge is 2.33. The largest absolute Gasteiger partial charge is 0.377 e. The van der Waals surface area contributed by atoms with Gasteiger partial charge in [0.15, 0.2) is 0 Å². The first-order valence-electron chi connectivity index (χ1n) is 6.85. The SMILES string of the molecule is CCOC1CCCN(CC2(N)CCCC2)C1. The van der Waals surface area contributed by atoms with E-state index in [0.29, 0.717) is 6.10 Å². The molecule has 2 N–H and O–H groups in total. The maximum atomic E-state index is 6.43. The first-order chi connectivity index (χ1) is 7.72. The summed E-state index contributed by atoms with van der Waals surface area (Å²) in [6.07, 6.45) is 8.00. The summed E-state index contributed by atoms with van der Waals surface area (Å²) in [5.74, 6) is 0. The van der Waals surface area contributed by atoms with Crippen molar-refractivity contribution in [2.24, 2.45) is 5.73 Å². The molecule has 94 valence electrons. The van der Waals surface area contributed by atoms with E-state index in [2.05, 4.69) is 11.8 Å². The van der Waals surface area contributed by atoms with Gasteiger partial charge in [-0.05, 0) is 39.2 Å². The van der Waals surface area contributed by atoms with Crippen LogP contribution in [0.4, 0.5) is 0 Å². The lowest BCUT2D eigenvalue weighted by molar-refractivity contribution is 0.000329. The van der Waals surface area contributed by atoms with Gasteiger partial charge in [0.2, 0.25) is 0 Å². The van der Waals surface area contributed by atoms with Gasteiger partial charge in [0, 0.05) is 25.2 Å². The molecule has 1 saturated heterocycles. The van der Waals surface area contributed by atoms with E-state index in [1.165, 1.54) is 45.1 Å². The van der Waals surface area contributed by atoms with Crippen LogP contribution in [0.25, 0.3) is 0 Å². The summed E-state index contributed by atoms with van der Waals surface area (Å²) >= 11 is 0. The molecule has 1 unspecified atom stereocenters. The third-order valence-electron chi connectivity index (χ3n) is 4.00. The number of nitrogens with two attached hydrogens (primary N) is 1. The Balaban J connectivity index is 1.80. The number of hydrogen-bond acceptors (Lipinski definition) is 3. The minimum absolute atomic E-state index is 0.105. The fraction of sp³-hybridized carbons (Fsp3) is 1.00. The topological polar surface area (TPSA) is 38.5 Å². The van der Waals surface area contributed by atoms with E-state index in [0.717, 1.165) is 19.7 Å². The monoisotopic (exact) mass is 226 g/mol. The van der Waals surface area contributed by atoms with Crippen molar-refractivity contribution in [1.82, 2.24) is 4.90 Å². The van der Waals surface area contributed by atoms with E-state index in [-0.39, 0.29) is 5.54 Å². The summed E-state index contributed by atoms with van der Waals surface area (Å²) < 4.78 is 5.73. The molecule has 3 nitrogen and oxygen atoms in total. The van der Waals surface area contributed by atoms with E-state index in [1.807, 2.05) is 0 Å². The molecule has 0 aromatic carbocycles. The number of ether oxygens (including phenoxy) is 1. The Kier molecular flexibility index (Phi) is 4.22. The molecule has 0 amide bonds. The predicted octanol–water partition coefficient (Wildman–Crippen LogP) is 1.76. The normalized spacial score (nSPS) is 30.8. The molecule has 1 saturated carbocycles. The Morgan fingerprint density at radius 3 is 2.75 bits per heavy atom. The van der Waals surface area contributed by atoms with Gasteiger partial charge in [0.1, 0.15) is 0 Å². The number of hydrogen-bond donors (Lipinski definition) is 1. The summed E-state index contributed by atoms with van der Waals surface area (Å²) in [6.45, 7) is 6.30. The second-order valence-electron chi connectivity index (χ2n) is 5.52. The molecule has 1 aliphatic carbocycles. The van der Waals surface area contributed by atoms with Crippen LogP contribution in [0.2, 0.25) is 0 Å². The Morgan fingerprint density at radius 2 is 2.06 bits per heavy atom. The molecule has 0 bridgehead atoms. The fourth-order valence-corrected chi connectivity index (χ4v) is 3.21. The van der Waals surface area contributed by atoms with Crippen molar-refractivity contribution in [3.05, 3.63) is 0 Å². The van der Waals surface area contributed by atoms with Crippen molar-refractivity contribution in [1.29, 1.82) is 0 Å². The summed E-state index contributed by atoms with van der Waals surface area (Å²) in [7, 11) is 0. The van der Waals surface area contributed by atoms with E-state index >= 15 is 0 Å². The molecule has 0 spiro atoms. The predicted molar refractivity (Wildman–Crippen MR) is 66.5 cm³/mol. The van der Waals surface area contributed by atoms with Crippen LogP contribution in [0.5, 0.6) is 0 Å². The fourth-order valence-electron chi connectivity index (χ4n) is 3.21. The van der Waals surface area contributed by atoms with Gasteiger partial charge in [-0.1, -0.05) is 12.8 Å². The van der Waals surface area contributed by atoms with Crippen LogP contribution in [0.1, 0.15) is 45.4 Å². The molecule has 2 fully saturated rings. The van der Waals surface area contributed by atoms with E-state index in [1.54, 1.807) is 0 Å². The average molecular weight is 226 g/mol. The Hall–Kier alpha value is -0.120. The molecule has 3 heteroatoms. The Morgan fingerprint density at radius 1 is 1.31 bits per heavy atom. The van der Waals surface area contributed by atoms with Gasteiger partial charge < -0.3 is 10.5 Å². The first-order valence-corrected chi connectivity index (χ1v) is 6.85. The third-order valence-corrected chi connectivity index (χ3v) is 4.00. The smallest absolute Gasteiger partial charge is 0.0702 e. The van der Waals surface area contributed by atoms with Crippen molar-refractivity contribution in [2.75, 3.05) is 26.2 Å². The van der Waals surface area contributed by atoms with Crippen LogP contribution in [0.3, 0.4) is 0 Å². The summed E-state index contributed by atoms with van der Waals surface area (Å²) in [5, 5.41) is 0. The highest BCUT2D eigenvalue weighted by Crippen LogP contribution is 2.29. The molecule has 2 aliphatic rings. The van der Waals surface area contributed by atoms with E-state index in [9.17, 15) is 0 Å². The second kappa shape index (κ2) is 5.48. The molecule has 1 heterocycles. The van der Waals surface area contributed by atoms with Crippen molar-refractivity contribution in [2.45, 2.75) is 57.1 Å². The first kappa shape index (κ1) is 12.3. The van der Waals surface area contributed by atoms with E-state index < -0.39 is 0 Å². The van der Waals surface area contributed by atoms with Gasteiger partial charge in [0.25, 0.3) is 0 Å². The Labute approximate surface area is 99.3 Å². The van der Waals surface area contributed by atoms with Crippen LogP contribution in [0, 0.1) is 0 Å². The number of likely N-dealkylation sites (tertiary alicyclic amines) is 1. The highest BCUT2D eigenvalue weighted by molar-refractivity contribution is 4.93. The lowest BCUT2D eigenvalue weighted by Crippen LogP contribution is -2.51. The average Bonchev–Trinajstić information content (AvgIpc) is 2.66. The molecule has 0 radical (unpaired) electrons. The van der Waals surface area contributed by atoms with Gasteiger partial charge in [-0.3, -0.25) is 4.90 Å². The van der Waals surface area contributed by atoms with Gasteiger partial charge in [0.05, 0.1) is 6.10 Å². The maximum absolute atomic E-state index is 6.43. The van der Waals surface area contributed by atoms with Gasteiger partial charge >= 0.3 is 0 Å². The molecule has 0 aromatic rings. The molecule has 1 aliphatic heterocycles. The minimum atomic E-state index is 0.105. The zero-order chi connectivity index (χ0) is 11.4. The maximum Gasteiger partial charge on any atom is 0.0702 e. The summed E-state index contributed by atoms with van der Waals surface area (Å²) in [6, 6.07) is 0. The number of nitrogens with zero attached hydrogens (tertiary/aromatic N) is 1. The van der Waals surface area contributed by atoms with Crippen molar-refractivity contribution in [3.63, 3.8) is 0 Å². The van der Waals surface area contributed by atoms with Crippen LogP contribution < -0.4 is 5.73 Å². The third kappa shape index (κ3) is 3.19. The quantitative estimate of drug-likeness (QED) is 0.794. The summed E-state index contributed by atoms with van der Waals surface area (Å²) in [4.78, 5) is 2.52. The standard InChI is InChI=1S/C13H26N2O/c1-2-16-12-6-5-9-15(10-12)11-13(14)7-3-4-8-13/h12H,2-11,14H2,1H3. The molecular formula is C13H26N2O.